The Morgan fingerprint density at radius 3 is 2.44 bits per heavy atom. The van der Waals surface area contributed by atoms with Crippen LogP contribution in [0.5, 0.6) is 0 Å². The van der Waals surface area contributed by atoms with Gasteiger partial charge in [0.2, 0.25) is 0 Å². The third kappa shape index (κ3) is 9.11. The van der Waals surface area contributed by atoms with Gasteiger partial charge in [0.05, 0.1) is 18.4 Å². The smallest absolute Gasteiger partial charge is 0.264 e. The van der Waals surface area contributed by atoms with Gasteiger partial charge in [0.25, 0.3) is 5.56 Å². The van der Waals surface area contributed by atoms with Gasteiger partial charge in [-0.25, -0.2) is 23.7 Å². The summed E-state index contributed by atoms with van der Waals surface area (Å²) in [6.07, 6.45) is 7.42. The van der Waals surface area contributed by atoms with E-state index in [1.807, 2.05) is 56.6 Å². The number of benzene rings is 3. The highest BCUT2D eigenvalue weighted by atomic mass is 19.2. The van der Waals surface area contributed by atoms with Crippen LogP contribution in [0.2, 0.25) is 0 Å². The molecule has 0 radical (unpaired) electrons. The summed E-state index contributed by atoms with van der Waals surface area (Å²) >= 11 is 0. The molecule has 244 valence electrons. The van der Waals surface area contributed by atoms with Crippen LogP contribution in [-0.2, 0) is 13.0 Å². The predicted molar refractivity (Wildman–Crippen MR) is 180 cm³/mol. The van der Waals surface area contributed by atoms with Crippen LogP contribution in [0.1, 0.15) is 75.3 Å². The molecule has 0 N–H and O–H groups in total. The molecule has 0 aliphatic carbocycles. The third-order valence-corrected chi connectivity index (χ3v) is 7.78. The van der Waals surface area contributed by atoms with Crippen molar-refractivity contribution in [1.29, 1.82) is 0 Å². The van der Waals surface area contributed by atoms with Crippen LogP contribution in [-0.4, -0.2) is 56.6 Å². The summed E-state index contributed by atoms with van der Waals surface area (Å²) in [7, 11) is 4.06. The van der Waals surface area contributed by atoms with E-state index in [1.54, 1.807) is 6.20 Å². The van der Waals surface area contributed by atoms with Gasteiger partial charge in [-0.15, -0.1) is 0 Å². The molecule has 0 saturated heterocycles. The zero-order valence-electron chi connectivity index (χ0n) is 26.9. The highest BCUT2D eigenvalue weighted by Crippen LogP contribution is 2.16. The maximum absolute atomic E-state index is 13.6. The zero-order valence-corrected chi connectivity index (χ0v) is 26.9. The number of carbonyl (C=O) groups excluding carboxylic acids is 2. The minimum Gasteiger partial charge on any atom is -0.309 e. The maximum Gasteiger partial charge on any atom is 0.264 e. The number of rotatable bonds is 13. The minimum absolute atomic E-state index is 0.0189. The van der Waals surface area contributed by atoms with Gasteiger partial charge < -0.3 is 4.90 Å². The largest absolute Gasteiger partial charge is 0.309 e. The van der Waals surface area contributed by atoms with Crippen molar-refractivity contribution < 1.29 is 18.4 Å². The molecule has 48 heavy (non-hydrogen) atoms. The van der Waals surface area contributed by atoms with E-state index in [-0.39, 0.29) is 30.7 Å². The lowest BCUT2D eigenvalue weighted by atomic mass is 10.0. The van der Waals surface area contributed by atoms with Crippen molar-refractivity contribution in [3.8, 4) is 11.8 Å². The van der Waals surface area contributed by atoms with E-state index in [4.69, 9.17) is 0 Å². The molecule has 2 aromatic heterocycles. The Kier molecular flexibility index (Phi) is 11.3. The van der Waals surface area contributed by atoms with Crippen LogP contribution in [0.4, 0.5) is 8.78 Å². The zero-order chi connectivity index (χ0) is 34.0. The molecule has 0 aliphatic heterocycles. The molecule has 0 amide bonds. The molecule has 5 aromatic rings. The van der Waals surface area contributed by atoms with Gasteiger partial charge in [0.1, 0.15) is 11.4 Å². The molecule has 8 nitrogen and oxygen atoms in total. The fraction of sp³-hybridized carbons (Fsp3) is 0.263. The van der Waals surface area contributed by atoms with Crippen molar-refractivity contribution in [2.75, 3.05) is 20.6 Å². The number of nitrogens with zero attached hydrogens (tertiary/aromatic N) is 5. The van der Waals surface area contributed by atoms with Crippen molar-refractivity contribution in [1.82, 2.24) is 24.4 Å². The van der Waals surface area contributed by atoms with E-state index in [0.717, 1.165) is 59.1 Å². The number of Topliss-reactive ketones (excluding diaryl/α,β-unsaturated/α-hetero) is 2. The Morgan fingerprint density at radius 2 is 1.67 bits per heavy atom. The van der Waals surface area contributed by atoms with Crippen LogP contribution >= 0.6 is 0 Å². The Hall–Kier alpha value is -5.40. The van der Waals surface area contributed by atoms with Crippen LogP contribution in [0, 0.1) is 23.5 Å². The Balaban J connectivity index is 1.15. The number of hydrogen-bond acceptors (Lipinski definition) is 7. The summed E-state index contributed by atoms with van der Waals surface area (Å²) in [5.41, 5.74) is 2.98. The summed E-state index contributed by atoms with van der Waals surface area (Å²) in [6, 6.07) is 16.6. The quantitative estimate of drug-likeness (QED) is 0.0874. The van der Waals surface area contributed by atoms with Crippen molar-refractivity contribution in [3.05, 3.63) is 135 Å². The summed E-state index contributed by atoms with van der Waals surface area (Å²) < 4.78 is 28.0. The van der Waals surface area contributed by atoms with E-state index >= 15 is 0 Å². The van der Waals surface area contributed by atoms with Crippen molar-refractivity contribution in [2.24, 2.45) is 0 Å². The topological polar surface area (TPSA) is 98.0 Å². The number of carbonyl (C=O) groups is 2. The summed E-state index contributed by atoms with van der Waals surface area (Å²) in [5, 5.41) is 0.828. The van der Waals surface area contributed by atoms with Gasteiger partial charge in [0.15, 0.2) is 23.2 Å². The van der Waals surface area contributed by atoms with E-state index in [9.17, 15) is 23.2 Å². The first kappa shape index (κ1) is 33.9. The molecular weight excluding hydrogens is 612 g/mol. The third-order valence-electron chi connectivity index (χ3n) is 7.78. The van der Waals surface area contributed by atoms with Gasteiger partial charge in [-0.3, -0.25) is 19.0 Å². The molecule has 3 aromatic carbocycles. The lowest BCUT2D eigenvalue weighted by Crippen LogP contribution is -2.27. The predicted octanol–water partition coefficient (Wildman–Crippen LogP) is 6.03. The lowest BCUT2D eigenvalue weighted by Gasteiger charge is -2.08. The molecule has 0 fully saturated rings. The molecule has 0 unspecified atom stereocenters. The Morgan fingerprint density at radius 1 is 0.875 bits per heavy atom. The average Bonchev–Trinajstić information content (AvgIpc) is 3.07. The highest BCUT2D eigenvalue weighted by molar-refractivity contribution is 5.96. The van der Waals surface area contributed by atoms with E-state index in [0.29, 0.717) is 24.2 Å². The molecule has 0 atom stereocenters. The normalized spacial score (nSPS) is 11.0. The Labute approximate surface area is 277 Å². The number of unbranched alkanes of at least 4 members (excludes halogenated alkanes) is 1. The fourth-order valence-corrected chi connectivity index (χ4v) is 5.15. The minimum atomic E-state index is -1.02. The second-order valence-electron chi connectivity index (χ2n) is 11.8. The molecular formula is C38H35F2N5O3. The van der Waals surface area contributed by atoms with Crippen LogP contribution in [0.25, 0.3) is 10.9 Å². The van der Waals surface area contributed by atoms with Crippen molar-refractivity contribution in [2.45, 2.75) is 45.1 Å². The second-order valence-corrected chi connectivity index (χ2v) is 11.8. The monoisotopic (exact) mass is 647 g/mol. The number of hydrogen-bond donors (Lipinski definition) is 0. The highest BCUT2D eigenvalue weighted by Gasteiger charge is 2.14. The average molecular weight is 648 g/mol. The molecule has 0 bridgehead atoms. The fourth-order valence-electron chi connectivity index (χ4n) is 5.15. The number of fused-ring (bicyclic) bond motifs is 1. The molecule has 2 heterocycles. The summed E-state index contributed by atoms with van der Waals surface area (Å²) in [4.78, 5) is 53.4. The lowest BCUT2D eigenvalue weighted by molar-refractivity contribution is 0.0972. The van der Waals surface area contributed by atoms with Gasteiger partial charge in [0, 0.05) is 54.6 Å². The molecule has 0 aliphatic rings. The maximum atomic E-state index is 13.6. The number of ketones is 2. The van der Waals surface area contributed by atoms with E-state index in [2.05, 4.69) is 31.7 Å². The second kappa shape index (κ2) is 15.9. The number of halogens is 2. The standard InChI is InChI=1S/C38H35F2N5O3/c1-44(2)18-6-5-8-35(46)29-14-10-27(11-15-29)21-37-42-22-30-19-26(13-17-34(30)43-37)7-3-4-9-36(47)31-23-41-25-45(38(31)48)24-28-12-16-32(39)33(40)20-28/h10-17,19-20,22-23,25H,4-6,8-9,18,21,24H2,1-2H3. The van der Waals surface area contributed by atoms with Crippen LogP contribution in [0.3, 0.4) is 0 Å². The first-order chi connectivity index (χ1) is 23.2. The van der Waals surface area contributed by atoms with E-state index in [1.165, 1.54) is 23.2 Å². The van der Waals surface area contributed by atoms with Crippen LogP contribution < -0.4 is 5.56 Å². The first-order valence-electron chi connectivity index (χ1n) is 15.7. The SMILES string of the molecule is CN(C)CCCCC(=O)c1ccc(Cc2ncc3cc(C#CCCC(=O)c4cncn(Cc5ccc(F)c(F)c5)c4=O)ccc3n2)cc1. The molecule has 0 saturated carbocycles. The first-order valence-corrected chi connectivity index (χ1v) is 15.7. The van der Waals surface area contributed by atoms with Gasteiger partial charge in [-0.05, 0) is 74.9 Å². The Bertz CT molecular complexity index is 2060. The summed E-state index contributed by atoms with van der Waals surface area (Å²) in [6.45, 7) is 0.924. The molecule has 5 rings (SSSR count). The van der Waals surface area contributed by atoms with E-state index < -0.39 is 23.0 Å². The molecule has 0 spiro atoms. The summed E-state index contributed by atoms with van der Waals surface area (Å²) in [5.74, 6) is 4.46. The van der Waals surface area contributed by atoms with Gasteiger partial charge >= 0.3 is 0 Å². The van der Waals surface area contributed by atoms with Crippen molar-refractivity contribution >= 4 is 22.5 Å². The molecule has 10 heteroatoms. The van der Waals surface area contributed by atoms with Gasteiger partial charge in [-0.2, -0.15) is 0 Å². The number of aromatic nitrogens is 4. The van der Waals surface area contributed by atoms with Crippen LogP contribution in [0.15, 0.2) is 84.2 Å². The van der Waals surface area contributed by atoms with Gasteiger partial charge in [-0.1, -0.05) is 42.2 Å². The van der Waals surface area contributed by atoms with Crippen molar-refractivity contribution in [3.63, 3.8) is 0 Å².